The van der Waals surface area contributed by atoms with Crippen molar-refractivity contribution in [1.82, 2.24) is 20.2 Å². The van der Waals surface area contributed by atoms with E-state index in [1.807, 2.05) is 0 Å². The van der Waals surface area contributed by atoms with Gasteiger partial charge < -0.3 is 4.74 Å². The van der Waals surface area contributed by atoms with Gasteiger partial charge in [-0.3, -0.25) is 4.79 Å². The molecule has 128 valence electrons. The second-order valence-electron chi connectivity index (χ2n) is 5.21. The van der Waals surface area contributed by atoms with E-state index in [4.69, 9.17) is 4.74 Å². The molecular weight excluding hydrogens is 343 g/mol. The molecule has 1 aromatic heterocycles. The van der Waals surface area contributed by atoms with Crippen molar-refractivity contribution in [2.24, 2.45) is 0 Å². The topological polar surface area (TPSA) is 69.9 Å². The van der Waals surface area contributed by atoms with Crippen LogP contribution < -0.4 is 4.74 Å². The summed E-state index contributed by atoms with van der Waals surface area (Å²) in [5.74, 6) is 0.250. The summed E-state index contributed by atoms with van der Waals surface area (Å²) in [6, 6.07) is 12.9. The SMILES string of the molecule is COc1ccc(C(=O)[C@H](C)Sc2nnnn2-c2cccc(F)c2)cc1. The molecule has 0 N–H and O–H groups in total. The van der Waals surface area contributed by atoms with Gasteiger partial charge in [-0.05, 0) is 59.8 Å². The molecule has 0 aliphatic carbocycles. The fourth-order valence-electron chi connectivity index (χ4n) is 2.22. The fourth-order valence-corrected chi connectivity index (χ4v) is 3.11. The summed E-state index contributed by atoms with van der Waals surface area (Å²) >= 11 is 1.21. The van der Waals surface area contributed by atoms with Gasteiger partial charge in [0, 0.05) is 5.56 Å². The van der Waals surface area contributed by atoms with Gasteiger partial charge in [-0.25, -0.2) is 4.39 Å². The summed E-state index contributed by atoms with van der Waals surface area (Å²) in [5.41, 5.74) is 1.07. The third-order valence-electron chi connectivity index (χ3n) is 3.52. The third kappa shape index (κ3) is 3.85. The lowest BCUT2D eigenvalue weighted by Gasteiger charge is -2.10. The molecule has 0 spiro atoms. The minimum absolute atomic E-state index is 0.0542. The van der Waals surface area contributed by atoms with E-state index in [2.05, 4.69) is 15.5 Å². The first-order valence-corrected chi connectivity index (χ1v) is 8.35. The number of thioether (sulfide) groups is 1. The van der Waals surface area contributed by atoms with Gasteiger partial charge in [0.15, 0.2) is 5.78 Å². The Morgan fingerprint density at radius 2 is 2.00 bits per heavy atom. The van der Waals surface area contributed by atoms with E-state index in [-0.39, 0.29) is 11.6 Å². The van der Waals surface area contributed by atoms with E-state index in [0.717, 1.165) is 0 Å². The van der Waals surface area contributed by atoms with E-state index in [9.17, 15) is 9.18 Å². The Balaban J connectivity index is 1.78. The Morgan fingerprint density at radius 3 is 2.68 bits per heavy atom. The fraction of sp³-hybridized carbons (Fsp3) is 0.176. The van der Waals surface area contributed by atoms with Gasteiger partial charge in [-0.15, -0.1) is 5.10 Å². The first kappa shape index (κ1) is 17.1. The summed E-state index contributed by atoms with van der Waals surface area (Å²) in [5, 5.41) is 11.4. The standard InChI is InChI=1S/C17H15FN4O2S/c1-11(16(23)12-6-8-15(24-2)9-7-12)25-17-19-20-21-22(17)14-5-3-4-13(18)10-14/h3-11H,1-2H3/t11-/m0/s1. The number of aromatic nitrogens is 4. The van der Waals surface area contributed by atoms with Crippen LogP contribution in [-0.2, 0) is 0 Å². The van der Waals surface area contributed by atoms with Crippen molar-refractivity contribution in [1.29, 1.82) is 0 Å². The van der Waals surface area contributed by atoms with Crippen molar-refractivity contribution in [3.8, 4) is 11.4 Å². The zero-order valence-electron chi connectivity index (χ0n) is 13.6. The largest absolute Gasteiger partial charge is 0.497 e. The molecule has 25 heavy (non-hydrogen) atoms. The van der Waals surface area contributed by atoms with Crippen LogP contribution in [0.25, 0.3) is 5.69 Å². The molecule has 3 aromatic rings. The minimum atomic E-state index is -0.410. The molecule has 0 radical (unpaired) electrons. The predicted molar refractivity (Wildman–Crippen MR) is 91.8 cm³/mol. The maximum atomic E-state index is 13.4. The highest BCUT2D eigenvalue weighted by molar-refractivity contribution is 8.00. The van der Waals surface area contributed by atoms with Crippen LogP contribution in [0.5, 0.6) is 5.75 Å². The smallest absolute Gasteiger partial charge is 0.214 e. The Bertz CT molecular complexity index is 882. The van der Waals surface area contributed by atoms with E-state index in [1.165, 1.54) is 28.6 Å². The van der Waals surface area contributed by atoms with Crippen molar-refractivity contribution in [3.05, 3.63) is 59.9 Å². The van der Waals surface area contributed by atoms with Crippen LogP contribution >= 0.6 is 11.8 Å². The number of ketones is 1. The number of rotatable bonds is 6. The van der Waals surface area contributed by atoms with Gasteiger partial charge in [-0.2, -0.15) is 4.68 Å². The lowest BCUT2D eigenvalue weighted by molar-refractivity contribution is 0.0994. The van der Waals surface area contributed by atoms with Crippen molar-refractivity contribution < 1.29 is 13.9 Å². The summed E-state index contributed by atoms with van der Waals surface area (Å²) in [6.07, 6.45) is 0. The molecule has 3 rings (SSSR count). The second-order valence-corrected chi connectivity index (χ2v) is 6.51. The molecule has 0 aliphatic rings. The number of tetrazole rings is 1. The molecule has 0 amide bonds. The molecule has 2 aromatic carbocycles. The van der Waals surface area contributed by atoms with E-state index in [0.29, 0.717) is 22.2 Å². The molecule has 0 saturated heterocycles. The molecule has 0 bridgehead atoms. The highest BCUT2D eigenvalue weighted by Crippen LogP contribution is 2.26. The highest BCUT2D eigenvalue weighted by atomic mass is 32.2. The van der Waals surface area contributed by atoms with Crippen LogP contribution in [-0.4, -0.2) is 38.4 Å². The number of methoxy groups -OCH3 is 1. The molecule has 0 aliphatic heterocycles. The van der Waals surface area contributed by atoms with E-state index >= 15 is 0 Å². The lowest BCUT2D eigenvalue weighted by Crippen LogP contribution is -2.14. The number of nitrogens with zero attached hydrogens (tertiary/aromatic N) is 4. The van der Waals surface area contributed by atoms with E-state index in [1.54, 1.807) is 50.4 Å². The van der Waals surface area contributed by atoms with Gasteiger partial charge in [0.05, 0.1) is 18.0 Å². The van der Waals surface area contributed by atoms with Gasteiger partial charge in [-0.1, -0.05) is 17.8 Å². The van der Waals surface area contributed by atoms with Crippen LogP contribution in [0.3, 0.4) is 0 Å². The average Bonchev–Trinajstić information content (AvgIpc) is 3.09. The van der Waals surface area contributed by atoms with Crippen molar-refractivity contribution in [2.75, 3.05) is 7.11 Å². The number of Topliss-reactive ketones (excluding diaryl/α,β-unsaturated/α-hetero) is 1. The minimum Gasteiger partial charge on any atom is -0.497 e. The Kier molecular flexibility index (Phi) is 5.08. The quantitative estimate of drug-likeness (QED) is 0.498. The van der Waals surface area contributed by atoms with E-state index < -0.39 is 5.25 Å². The second kappa shape index (κ2) is 7.43. The molecule has 6 nitrogen and oxygen atoms in total. The molecule has 1 heterocycles. The van der Waals surface area contributed by atoms with Gasteiger partial charge in [0.2, 0.25) is 5.16 Å². The third-order valence-corrected chi connectivity index (χ3v) is 4.55. The molecule has 8 heteroatoms. The zero-order chi connectivity index (χ0) is 17.8. The maximum absolute atomic E-state index is 13.4. The lowest BCUT2D eigenvalue weighted by atomic mass is 10.1. The first-order chi connectivity index (χ1) is 12.1. The summed E-state index contributed by atoms with van der Waals surface area (Å²) < 4.78 is 19.9. The number of hydrogen-bond donors (Lipinski definition) is 0. The number of carbonyl (C=O) groups is 1. The highest BCUT2D eigenvalue weighted by Gasteiger charge is 2.20. The monoisotopic (exact) mass is 358 g/mol. The first-order valence-electron chi connectivity index (χ1n) is 7.47. The molecule has 0 unspecified atom stereocenters. The molecule has 1 atom stereocenters. The predicted octanol–water partition coefficient (Wildman–Crippen LogP) is 3.17. The van der Waals surface area contributed by atoms with Gasteiger partial charge in [0.25, 0.3) is 0 Å². The van der Waals surface area contributed by atoms with Gasteiger partial charge >= 0.3 is 0 Å². The molecule has 0 saturated carbocycles. The summed E-state index contributed by atoms with van der Waals surface area (Å²) in [6.45, 7) is 1.78. The summed E-state index contributed by atoms with van der Waals surface area (Å²) in [7, 11) is 1.57. The normalized spacial score (nSPS) is 12.0. The van der Waals surface area contributed by atoms with Crippen LogP contribution in [0.15, 0.2) is 53.7 Å². The molecular formula is C17H15FN4O2S. The van der Waals surface area contributed by atoms with Crippen LogP contribution in [0.4, 0.5) is 4.39 Å². The van der Waals surface area contributed by atoms with Crippen LogP contribution in [0.1, 0.15) is 17.3 Å². The Labute approximate surface area is 148 Å². The van der Waals surface area contributed by atoms with Gasteiger partial charge in [0.1, 0.15) is 11.6 Å². The van der Waals surface area contributed by atoms with Crippen LogP contribution in [0.2, 0.25) is 0 Å². The number of halogens is 1. The van der Waals surface area contributed by atoms with Crippen molar-refractivity contribution >= 4 is 17.5 Å². The van der Waals surface area contributed by atoms with Crippen molar-refractivity contribution in [3.63, 3.8) is 0 Å². The number of ether oxygens (including phenoxy) is 1. The molecule has 0 fully saturated rings. The number of carbonyl (C=O) groups excluding carboxylic acids is 1. The van der Waals surface area contributed by atoms with Crippen molar-refractivity contribution in [2.45, 2.75) is 17.3 Å². The maximum Gasteiger partial charge on any atom is 0.214 e. The number of hydrogen-bond acceptors (Lipinski definition) is 6. The Morgan fingerprint density at radius 1 is 1.24 bits per heavy atom. The zero-order valence-corrected chi connectivity index (χ0v) is 14.4. The number of benzene rings is 2. The van der Waals surface area contributed by atoms with Crippen LogP contribution in [0, 0.1) is 5.82 Å². The average molecular weight is 358 g/mol. The Hall–Kier alpha value is -2.74. The summed E-state index contributed by atoms with van der Waals surface area (Å²) in [4.78, 5) is 12.6.